The number of halogens is 5. The highest BCUT2D eigenvalue weighted by molar-refractivity contribution is 6.31. The Balaban J connectivity index is 1.88. The van der Waals surface area contributed by atoms with Crippen molar-refractivity contribution >= 4 is 29.1 Å². The predicted molar refractivity (Wildman–Crippen MR) is 101 cm³/mol. The van der Waals surface area contributed by atoms with E-state index in [9.17, 15) is 18.0 Å². The van der Waals surface area contributed by atoms with Gasteiger partial charge < -0.3 is 5.32 Å². The molecule has 3 rings (SSSR count). The van der Waals surface area contributed by atoms with Crippen molar-refractivity contribution in [2.24, 2.45) is 0 Å². The van der Waals surface area contributed by atoms with Crippen LogP contribution in [-0.4, -0.2) is 25.7 Å². The number of rotatable bonds is 4. The second kappa shape index (κ2) is 8.30. The Morgan fingerprint density at radius 2 is 2.00 bits per heavy atom. The summed E-state index contributed by atoms with van der Waals surface area (Å²) >= 11 is 11.6. The van der Waals surface area contributed by atoms with Gasteiger partial charge in [-0.05, 0) is 48.9 Å². The van der Waals surface area contributed by atoms with Gasteiger partial charge >= 0.3 is 6.18 Å². The molecule has 0 saturated carbocycles. The van der Waals surface area contributed by atoms with E-state index in [0.29, 0.717) is 11.6 Å². The molecule has 0 radical (unpaired) electrons. The van der Waals surface area contributed by atoms with Crippen molar-refractivity contribution in [3.8, 4) is 11.9 Å². The Bertz CT molecular complexity index is 1140. The number of aromatic nitrogens is 4. The Kier molecular flexibility index (Phi) is 5.96. The van der Waals surface area contributed by atoms with Crippen molar-refractivity contribution in [2.75, 3.05) is 0 Å². The molecule has 154 valence electrons. The minimum atomic E-state index is -4.65. The number of benzene rings is 1. The Hall–Kier alpha value is -3.16. The van der Waals surface area contributed by atoms with Crippen LogP contribution < -0.4 is 5.32 Å². The fraction of sp³-hybridized carbons (Fsp3) is 0.167. The first-order valence-corrected chi connectivity index (χ1v) is 9.01. The monoisotopic (exact) mass is 454 g/mol. The van der Waals surface area contributed by atoms with Crippen LogP contribution in [0.2, 0.25) is 10.3 Å². The number of carbonyl (C=O) groups is 1. The van der Waals surface area contributed by atoms with Crippen LogP contribution in [0.5, 0.6) is 0 Å². The van der Waals surface area contributed by atoms with E-state index >= 15 is 0 Å². The van der Waals surface area contributed by atoms with E-state index in [0.717, 1.165) is 12.1 Å². The number of nitrogens with one attached hydrogen (secondary N) is 1. The van der Waals surface area contributed by atoms with Crippen LogP contribution in [0.25, 0.3) is 5.82 Å². The summed E-state index contributed by atoms with van der Waals surface area (Å²) in [6.45, 7) is 1.55. The first-order valence-electron chi connectivity index (χ1n) is 8.26. The molecule has 0 aliphatic carbocycles. The zero-order valence-corrected chi connectivity index (χ0v) is 16.6. The summed E-state index contributed by atoms with van der Waals surface area (Å²) in [5, 5.41) is 15.1. The molecule has 2 heterocycles. The summed E-state index contributed by atoms with van der Waals surface area (Å²) in [6.07, 6.45) is -3.33. The summed E-state index contributed by atoms with van der Waals surface area (Å²) < 4.78 is 40.2. The molecular weight excluding hydrogens is 444 g/mol. The minimum Gasteiger partial charge on any atom is -0.342 e. The van der Waals surface area contributed by atoms with Crippen LogP contribution in [0, 0.1) is 11.3 Å². The number of nitriles is 1. The summed E-state index contributed by atoms with van der Waals surface area (Å²) in [7, 11) is 0. The molecule has 0 aliphatic rings. The topological polar surface area (TPSA) is 96.5 Å². The van der Waals surface area contributed by atoms with Crippen molar-refractivity contribution in [1.82, 2.24) is 25.1 Å². The SMILES string of the molecule is CC(NC(=O)c1cc(Cl)cc(C(F)(F)F)c1)c1nc(Cl)nn1-c1ccc(C#N)cn1. The molecule has 0 bridgehead atoms. The van der Waals surface area contributed by atoms with Gasteiger partial charge in [-0.1, -0.05) is 11.6 Å². The Labute approximate surface area is 178 Å². The third-order valence-electron chi connectivity index (χ3n) is 3.92. The minimum absolute atomic E-state index is 0.126. The fourth-order valence-corrected chi connectivity index (χ4v) is 2.95. The lowest BCUT2D eigenvalue weighted by atomic mass is 10.1. The molecule has 1 unspecified atom stereocenters. The van der Waals surface area contributed by atoms with Crippen LogP contribution in [0.1, 0.15) is 40.3 Å². The lowest BCUT2D eigenvalue weighted by Gasteiger charge is -2.15. The molecule has 0 fully saturated rings. The largest absolute Gasteiger partial charge is 0.416 e. The van der Waals surface area contributed by atoms with Crippen LogP contribution in [0.15, 0.2) is 36.5 Å². The van der Waals surface area contributed by atoms with E-state index in [1.165, 1.54) is 23.0 Å². The average molecular weight is 455 g/mol. The van der Waals surface area contributed by atoms with Crippen molar-refractivity contribution < 1.29 is 18.0 Å². The summed E-state index contributed by atoms with van der Waals surface area (Å²) in [6, 6.07) is 6.70. The number of amides is 1. The van der Waals surface area contributed by atoms with Crippen molar-refractivity contribution in [3.05, 3.63) is 69.3 Å². The number of hydrogen-bond acceptors (Lipinski definition) is 5. The van der Waals surface area contributed by atoms with E-state index in [1.807, 2.05) is 6.07 Å². The number of alkyl halides is 3. The van der Waals surface area contributed by atoms with E-state index < -0.39 is 23.7 Å². The normalized spacial score (nSPS) is 12.3. The third-order valence-corrected chi connectivity index (χ3v) is 4.30. The number of pyridine rings is 1. The van der Waals surface area contributed by atoms with E-state index in [2.05, 4.69) is 20.4 Å². The molecule has 0 aliphatic heterocycles. The van der Waals surface area contributed by atoms with Gasteiger partial charge in [-0.3, -0.25) is 4.79 Å². The second-order valence-electron chi connectivity index (χ2n) is 6.09. The molecule has 3 aromatic rings. The molecule has 1 amide bonds. The van der Waals surface area contributed by atoms with E-state index in [4.69, 9.17) is 28.5 Å². The number of nitrogens with zero attached hydrogens (tertiary/aromatic N) is 5. The summed E-state index contributed by atoms with van der Waals surface area (Å²) in [5.74, 6) is -0.329. The zero-order chi connectivity index (χ0) is 22.1. The smallest absolute Gasteiger partial charge is 0.342 e. The molecule has 0 spiro atoms. The molecule has 0 saturated heterocycles. The fourth-order valence-electron chi connectivity index (χ4n) is 2.55. The van der Waals surface area contributed by atoms with Crippen molar-refractivity contribution in [2.45, 2.75) is 19.1 Å². The van der Waals surface area contributed by atoms with Crippen molar-refractivity contribution in [1.29, 1.82) is 5.26 Å². The summed E-state index contributed by atoms with van der Waals surface area (Å²) in [5.41, 5.74) is -0.981. The standard InChI is InChI=1S/C18H11Cl2F3N6O/c1-9(26-16(30)11-4-12(18(21,22)23)6-13(19)5-11)15-27-17(20)28-29(15)14-3-2-10(7-24)8-25-14/h2-6,8-9H,1H3,(H,26,30). The molecule has 1 N–H and O–H groups in total. The first kappa shape index (κ1) is 21.5. The maximum absolute atomic E-state index is 13.0. The van der Waals surface area contributed by atoms with Crippen LogP contribution in [-0.2, 0) is 6.18 Å². The maximum atomic E-state index is 13.0. The average Bonchev–Trinajstić information content (AvgIpc) is 3.08. The zero-order valence-electron chi connectivity index (χ0n) is 15.1. The van der Waals surface area contributed by atoms with Crippen LogP contribution >= 0.6 is 23.2 Å². The van der Waals surface area contributed by atoms with Gasteiger partial charge in [0.2, 0.25) is 5.28 Å². The van der Waals surface area contributed by atoms with Gasteiger partial charge in [0.15, 0.2) is 11.6 Å². The number of hydrogen-bond donors (Lipinski definition) is 1. The lowest BCUT2D eigenvalue weighted by molar-refractivity contribution is -0.137. The van der Waals surface area contributed by atoms with Crippen molar-refractivity contribution in [3.63, 3.8) is 0 Å². The third kappa shape index (κ3) is 4.69. The highest BCUT2D eigenvalue weighted by Crippen LogP contribution is 2.32. The maximum Gasteiger partial charge on any atom is 0.416 e. The molecule has 1 atom stereocenters. The highest BCUT2D eigenvalue weighted by Gasteiger charge is 2.32. The van der Waals surface area contributed by atoms with Gasteiger partial charge in [-0.2, -0.15) is 28.1 Å². The molecule has 12 heteroatoms. The molecule has 7 nitrogen and oxygen atoms in total. The molecule has 30 heavy (non-hydrogen) atoms. The number of carbonyl (C=O) groups excluding carboxylic acids is 1. The molecule has 2 aromatic heterocycles. The van der Waals surface area contributed by atoms with E-state index in [-0.39, 0.29) is 27.5 Å². The van der Waals surface area contributed by atoms with Gasteiger partial charge in [-0.25, -0.2) is 4.98 Å². The van der Waals surface area contributed by atoms with Gasteiger partial charge in [0, 0.05) is 16.8 Å². The predicted octanol–water partition coefficient (Wildman–Crippen LogP) is 4.35. The Morgan fingerprint density at radius 1 is 1.27 bits per heavy atom. The molecule has 1 aromatic carbocycles. The van der Waals surface area contributed by atoms with Crippen LogP contribution in [0.3, 0.4) is 0 Å². The Morgan fingerprint density at radius 3 is 2.60 bits per heavy atom. The van der Waals surface area contributed by atoms with Gasteiger partial charge in [0.25, 0.3) is 5.91 Å². The quantitative estimate of drug-likeness (QED) is 0.631. The molecular formula is C18H11Cl2F3N6O. The van der Waals surface area contributed by atoms with Gasteiger partial charge in [0.1, 0.15) is 6.07 Å². The highest BCUT2D eigenvalue weighted by atomic mass is 35.5. The van der Waals surface area contributed by atoms with E-state index in [1.54, 1.807) is 6.92 Å². The summed E-state index contributed by atoms with van der Waals surface area (Å²) in [4.78, 5) is 20.6. The first-order chi connectivity index (χ1) is 14.1. The lowest BCUT2D eigenvalue weighted by Crippen LogP contribution is -2.29. The van der Waals surface area contributed by atoms with Gasteiger partial charge in [0.05, 0.1) is 17.2 Å². The van der Waals surface area contributed by atoms with Gasteiger partial charge in [-0.15, -0.1) is 5.10 Å². The second-order valence-corrected chi connectivity index (χ2v) is 6.86. The van der Waals surface area contributed by atoms with Crippen LogP contribution in [0.4, 0.5) is 13.2 Å².